The van der Waals surface area contributed by atoms with Crippen LogP contribution in [0.15, 0.2) is 12.2 Å². The molecule has 0 amide bonds. The summed E-state index contributed by atoms with van der Waals surface area (Å²) >= 11 is 0. The van der Waals surface area contributed by atoms with E-state index >= 15 is 0 Å². The zero-order valence-corrected chi connectivity index (χ0v) is 14.4. The molecule has 1 N–H and O–H groups in total. The van der Waals surface area contributed by atoms with Gasteiger partial charge in [-0.05, 0) is 32.1 Å². The second-order valence-corrected chi connectivity index (χ2v) is 6.88. The Labute approximate surface area is 140 Å². The van der Waals surface area contributed by atoms with Crippen LogP contribution < -0.4 is 0 Å². The second-order valence-electron chi connectivity index (χ2n) is 6.88. The normalized spacial score (nSPS) is 29.6. The first-order valence-corrected chi connectivity index (χ1v) is 9.34. The van der Waals surface area contributed by atoms with Crippen LogP contribution in [0.2, 0.25) is 0 Å². The van der Waals surface area contributed by atoms with Gasteiger partial charge in [0.05, 0.1) is 18.8 Å². The molecule has 2 bridgehead atoms. The Bertz CT molecular complexity index is 380. The fraction of sp³-hybridized carbons (Fsp3) is 0.842. The van der Waals surface area contributed by atoms with Crippen molar-refractivity contribution in [2.24, 2.45) is 11.8 Å². The number of aliphatic carboxylic acids is 1. The molecule has 2 aliphatic heterocycles. The highest BCUT2D eigenvalue weighted by Gasteiger charge is 2.47. The summed E-state index contributed by atoms with van der Waals surface area (Å²) < 4.78 is 12.0. The van der Waals surface area contributed by atoms with Gasteiger partial charge in [-0.25, -0.2) is 0 Å². The molecule has 0 aliphatic carbocycles. The van der Waals surface area contributed by atoms with Crippen LogP contribution in [0.5, 0.6) is 0 Å². The van der Waals surface area contributed by atoms with E-state index in [1.54, 1.807) is 0 Å². The quantitative estimate of drug-likeness (QED) is 0.432. The van der Waals surface area contributed by atoms with Crippen molar-refractivity contribution in [3.05, 3.63) is 12.2 Å². The minimum atomic E-state index is -0.712. The van der Waals surface area contributed by atoms with Crippen molar-refractivity contribution in [3.8, 4) is 0 Å². The van der Waals surface area contributed by atoms with Crippen molar-refractivity contribution in [2.75, 3.05) is 13.2 Å². The molecule has 0 spiro atoms. The summed E-state index contributed by atoms with van der Waals surface area (Å²) in [6.07, 6.45) is 14.2. The molecule has 0 saturated carbocycles. The maximum Gasteiger partial charge on any atom is 0.303 e. The smallest absolute Gasteiger partial charge is 0.303 e. The molecule has 0 aromatic rings. The number of fused-ring (bicyclic) bond motifs is 2. The number of allylic oxidation sites excluding steroid dienone is 1. The van der Waals surface area contributed by atoms with Crippen molar-refractivity contribution in [3.63, 3.8) is 0 Å². The minimum absolute atomic E-state index is 0.252. The third-order valence-electron chi connectivity index (χ3n) is 5.06. The number of carboxylic acids is 1. The van der Waals surface area contributed by atoms with Crippen LogP contribution in [0.25, 0.3) is 0 Å². The SMILES string of the molecule is CCCCCCOC[C@H]1[C@@H](/C=C\CCCC(=O)O)[C@H]2CC[C@@H]1O2. The van der Waals surface area contributed by atoms with E-state index < -0.39 is 5.97 Å². The number of rotatable bonds is 12. The standard InChI is InChI=1S/C19H32O4/c1-2-3-4-8-13-22-14-16-15(17-11-12-18(16)23-17)9-6-5-7-10-19(20)21/h6,9,15-18H,2-5,7-8,10-14H2,1H3,(H,20,21)/b9-6-/t15-,16+,17-,18+/m1/s1. The van der Waals surface area contributed by atoms with Gasteiger partial charge >= 0.3 is 5.97 Å². The predicted molar refractivity (Wildman–Crippen MR) is 90.5 cm³/mol. The third-order valence-corrected chi connectivity index (χ3v) is 5.06. The Morgan fingerprint density at radius 3 is 2.83 bits per heavy atom. The topological polar surface area (TPSA) is 55.8 Å². The molecule has 2 saturated heterocycles. The summed E-state index contributed by atoms with van der Waals surface area (Å²) in [6.45, 7) is 3.89. The van der Waals surface area contributed by atoms with Crippen molar-refractivity contribution >= 4 is 5.97 Å². The van der Waals surface area contributed by atoms with Crippen LogP contribution in [0.3, 0.4) is 0 Å². The molecular weight excluding hydrogens is 292 g/mol. The Balaban J connectivity index is 1.69. The Kier molecular flexibility index (Phi) is 8.10. The molecule has 2 rings (SSSR count). The summed E-state index contributed by atoms with van der Waals surface area (Å²) in [5, 5.41) is 8.67. The van der Waals surface area contributed by atoms with Crippen LogP contribution in [0, 0.1) is 11.8 Å². The van der Waals surface area contributed by atoms with Gasteiger partial charge in [0.2, 0.25) is 0 Å². The first-order valence-electron chi connectivity index (χ1n) is 9.34. The van der Waals surface area contributed by atoms with Crippen LogP contribution in [0.1, 0.15) is 64.7 Å². The average molecular weight is 324 g/mol. The van der Waals surface area contributed by atoms with Gasteiger partial charge in [-0.3, -0.25) is 4.79 Å². The van der Waals surface area contributed by atoms with E-state index in [9.17, 15) is 4.79 Å². The van der Waals surface area contributed by atoms with Gasteiger partial charge in [-0.1, -0.05) is 38.3 Å². The number of carbonyl (C=O) groups is 1. The Morgan fingerprint density at radius 1 is 1.22 bits per heavy atom. The molecule has 0 radical (unpaired) electrons. The molecular formula is C19H32O4. The molecule has 4 heteroatoms. The molecule has 2 aliphatic rings. The highest BCUT2D eigenvalue weighted by atomic mass is 16.5. The zero-order chi connectivity index (χ0) is 16.5. The summed E-state index contributed by atoms with van der Waals surface area (Å²) in [6, 6.07) is 0. The van der Waals surface area contributed by atoms with E-state index in [-0.39, 0.29) is 6.42 Å². The maximum absolute atomic E-state index is 10.5. The second kappa shape index (κ2) is 10.1. The van der Waals surface area contributed by atoms with E-state index in [2.05, 4.69) is 19.1 Å². The first kappa shape index (κ1) is 18.5. The van der Waals surface area contributed by atoms with Gasteiger partial charge in [0.1, 0.15) is 0 Å². The molecule has 2 heterocycles. The lowest BCUT2D eigenvalue weighted by Crippen LogP contribution is -2.29. The lowest BCUT2D eigenvalue weighted by Gasteiger charge is -2.25. The summed E-state index contributed by atoms with van der Waals surface area (Å²) in [5.74, 6) is 0.223. The van der Waals surface area contributed by atoms with Gasteiger partial charge in [0.15, 0.2) is 0 Å². The summed E-state index contributed by atoms with van der Waals surface area (Å²) in [5.41, 5.74) is 0. The van der Waals surface area contributed by atoms with E-state index in [1.165, 1.54) is 19.3 Å². The molecule has 0 aromatic heterocycles. The van der Waals surface area contributed by atoms with Gasteiger partial charge in [-0.2, -0.15) is 0 Å². The molecule has 132 valence electrons. The zero-order valence-electron chi connectivity index (χ0n) is 14.4. The van der Waals surface area contributed by atoms with Gasteiger partial charge < -0.3 is 14.6 Å². The fourth-order valence-corrected chi connectivity index (χ4v) is 3.77. The highest BCUT2D eigenvalue weighted by Crippen LogP contribution is 2.44. The number of hydrogen-bond donors (Lipinski definition) is 1. The van der Waals surface area contributed by atoms with Crippen LogP contribution >= 0.6 is 0 Å². The minimum Gasteiger partial charge on any atom is -0.481 e. The molecule has 2 fully saturated rings. The number of ether oxygens (including phenoxy) is 2. The van der Waals surface area contributed by atoms with Crippen LogP contribution in [-0.4, -0.2) is 36.5 Å². The number of carboxylic acid groups (broad SMARTS) is 1. The molecule has 4 atom stereocenters. The van der Waals surface area contributed by atoms with E-state index in [0.717, 1.165) is 38.9 Å². The van der Waals surface area contributed by atoms with E-state index in [4.69, 9.17) is 14.6 Å². The Hall–Kier alpha value is -0.870. The van der Waals surface area contributed by atoms with Crippen molar-refractivity contribution < 1.29 is 19.4 Å². The van der Waals surface area contributed by atoms with Gasteiger partial charge in [0.25, 0.3) is 0 Å². The monoisotopic (exact) mass is 324 g/mol. The third kappa shape index (κ3) is 5.92. The van der Waals surface area contributed by atoms with Gasteiger partial charge in [0, 0.05) is 24.9 Å². The lowest BCUT2D eigenvalue weighted by molar-refractivity contribution is -0.137. The fourth-order valence-electron chi connectivity index (χ4n) is 3.77. The maximum atomic E-state index is 10.5. The molecule has 0 aromatic carbocycles. The Morgan fingerprint density at radius 2 is 2.04 bits per heavy atom. The van der Waals surface area contributed by atoms with Crippen LogP contribution in [0.4, 0.5) is 0 Å². The van der Waals surface area contributed by atoms with E-state index in [1.807, 2.05) is 0 Å². The van der Waals surface area contributed by atoms with E-state index in [0.29, 0.717) is 30.5 Å². The van der Waals surface area contributed by atoms with Gasteiger partial charge in [-0.15, -0.1) is 0 Å². The number of unbranched alkanes of at least 4 members (excludes halogenated alkanes) is 4. The van der Waals surface area contributed by atoms with Crippen molar-refractivity contribution in [2.45, 2.75) is 76.9 Å². The molecule has 23 heavy (non-hydrogen) atoms. The van der Waals surface area contributed by atoms with Crippen LogP contribution in [-0.2, 0) is 14.3 Å². The lowest BCUT2D eigenvalue weighted by atomic mass is 9.79. The largest absolute Gasteiger partial charge is 0.481 e. The molecule has 0 unspecified atom stereocenters. The summed E-state index contributed by atoms with van der Waals surface area (Å²) in [4.78, 5) is 10.5. The van der Waals surface area contributed by atoms with Crippen molar-refractivity contribution in [1.29, 1.82) is 0 Å². The predicted octanol–water partition coefficient (Wildman–Crippen LogP) is 4.19. The highest BCUT2D eigenvalue weighted by molar-refractivity contribution is 5.66. The first-order chi connectivity index (χ1) is 11.2. The average Bonchev–Trinajstić information content (AvgIpc) is 3.12. The molecule has 4 nitrogen and oxygen atoms in total. The summed E-state index contributed by atoms with van der Waals surface area (Å²) in [7, 11) is 0. The number of hydrogen-bond acceptors (Lipinski definition) is 3. The van der Waals surface area contributed by atoms with Crippen molar-refractivity contribution in [1.82, 2.24) is 0 Å².